The van der Waals surface area contributed by atoms with Gasteiger partial charge in [0.25, 0.3) is 11.8 Å². The molecule has 5 nitrogen and oxygen atoms in total. The highest BCUT2D eigenvalue weighted by atomic mass is 19.4. The highest BCUT2D eigenvalue weighted by Crippen LogP contribution is 2.29. The van der Waals surface area contributed by atoms with Gasteiger partial charge in [0.05, 0.1) is 16.7 Å². The van der Waals surface area contributed by atoms with Crippen LogP contribution < -0.4 is 10.6 Å². The minimum atomic E-state index is -4.45. The lowest BCUT2D eigenvalue weighted by atomic mass is 10.1. The van der Waals surface area contributed by atoms with Crippen LogP contribution in [0.4, 0.5) is 24.5 Å². The van der Waals surface area contributed by atoms with Crippen molar-refractivity contribution in [1.82, 2.24) is 4.98 Å². The fraction of sp³-hybridized carbons (Fsp3) is 0.0500. The Labute approximate surface area is 158 Å². The molecule has 2 N–H and O–H groups in total. The molecular weight excluding hydrogens is 371 g/mol. The van der Waals surface area contributed by atoms with Crippen molar-refractivity contribution in [3.05, 3.63) is 89.7 Å². The van der Waals surface area contributed by atoms with Crippen LogP contribution in [-0.4, -0.2) is 16.8 Å². The van der Waals surface area contributed by atoms with Crippen molar-refractivity contribution in [2.45, 2.75) is 6.18 Å². The fourth-order valence-corrected chi connectivity index (χ4v) is 2.36. The first-order chi connectivity index (χ1) is 13.3. The first-order valence-corrected chi connectivity index (χ1v) is 8.13. The number of nitrogens with one attached hydrogen (secondary N) is 2. The van der Waals surface area contributed by atoms with E-state index in [1.54, 1.807) is 24.3 Å². The van der Waals surface area contributed by atoms with Crippen LogP contribution in [0.15, 0.2) is 73.1 Å². The maximum Gasteiger partial charge on any atom is 0.416 e. The lowest BCUT2D eigenvalue weighted by Crippen LogP contribution is -2.16. The number of benzene rings is 2. The van der Waals surface area contributed by atoms with Gasteiger partial charge < -0.3 is 10.6 Å². The molecule has 28 heavy (non-hydrogen) atoms. The molecular formula is C20H14F3N3O2. The number of hydrogen-bond donors (Lipinski definition) is 2. The van der Waals surface area contributed by atoms with Crippen LogP contribution >= 0.6 is 0 Å². The number of anilines is 2. The van der Waals surface area contributed by atoms with Crippen LogP contribution in [0.25, 0.3) is 0 Å². The van der Waals surface area contributed by atoms with E-state index < -0.39 is 23.6 Å². The van der Waals surface area contributed by atoms with Gasteiger partial charge in [-0.15, -0.1) is 0 Å². The van der Waals surface area contributed by atoms with Gasteiger partial charge >= 0.3 is 6.18 Å². The smallest absolute Gasteiger partial charge is 0.322 e. The summed E-state index contributed by atoms with van der Waals surface area (Å²) in [7, 11) is 0. The van der Waals surface area contributed by atoms with E-state index in [4.69, 9.17) is 0 Å². The SMILES string of the molecule is O=C(Nc1ccccc1)c1cncc(C(=O)Nc2ccc(C(F)(F)F)cc2)c1. The Morgan fingerprint density at radius 2 is 1.25 bits per heavy atom. The molecule has 0 radical (unpaired) electrons. The van der Waals surface area contributed by atoms with E-state index in [1.807, 2.05) is 6.07 Å². The first-order valence-electron chi connectivity index (χ1n) is 8.13. The number of para-hydroxylation sites is 1. The molecule has 8 heteroatoms. The third-order valence-electron chi connectivity index (χ3n) is 3.76. The van der Waals surface area contributed by atoms with Gasteiger partial charge in [0.2, 0.25) is 0 Å². The van der Waals surface area contributed by atoms with Crippen LogP contribution in [-0.2, 0) is 6.18 Å². The molecule has 2 amide bonds. The van der Waals surface area contributed by atoms with Gasteiger partial charge in [0.1, 0.15) is 0 Å². The van der Waals surface area contributed by atoms with E-state index in [9.17, 15) is 22.8 Å². The summed E-state index contributed by atoms with van der Waals surface area (Å²) in [5.74, 6) is -1.04. The van der Waals surface area contributed by atoms with Gasteiger partial charge in [-0.25, -0.2) is 0 Å². The number of carbonyl (C=O) groups is 2. The maximum absolute atomic E-state index is 12.6. The molecule has 0 aliphatic carbocycles. The average molecular weight is 385 g/mol. The summed E-state index contributed by atoms with van der Waals surface area (Å²) in [6, 6.07) is 14.2. The number of carbonyl (C=O) groups excluding carboxylic acids is 2. The Kier molecular flexibility index (Phi) is 5.39. The third-order valence-corrected chi connectivity index (χ3v) is 3.76. The zero-order valence-corrected chi connectivity index (χ0v) is 14.3. The zero-order valence-electron chi connectivity index (χ0n) is 14.3. The molecule has 0 saturated heterocycles. The number of rotatable bonds is 4. The normalized spacial score (nSPS) is 11.0. The van der Waals surface area contributed by atoms with Gasteiger partial charge in [-0.1, -0.05) is 18.2 Å². The van der Waals surface area contributed by atoms with Crippen LogP contribution in [0.3, 0.4) is 0 Å². The lowest BCUT2D eigenvalue weighted by molar-refractivity contribution is -0.137. The van der Waals surface area contributed by atoms with E-state index in [1.165, 1.54) is 18.5 Å². The second-order valence-electron chi connectivity index (χ2n) is 5.81. The van der Waals surface area contributed by atoms with Crippen molar-refractivity contribution in [2.75, 3.05) is 10.6 Å². The highest BCUT2D eigenvalue weighted by Gasteiger charge is 2.30. The Morgan fingerprint density at radius 1 is 0.750 bits per heavy atom. The predicted octanol–water partition coefficient (Wildman–Crippen LogP) is 4.61. The van der Waals surface area contributed by atoms with Crippen molar-refractivity contribution < 1.29 is 22.8 Å². The lowest BCUT2D eigenvalue weighted by Gasteiger charge is -2.09. The largest absolute Gasteiger partial charge is 0.416 e. The van der Waals surface area contributed by atoms with Gasteiger partial charge in [0.15, 0.2) is 0 Å². The fourth-order valence-electron chi connectivity index (χ4n) is 2.36. The van der Waals surface area contributed by atoms with Crippen LogP contribution in [0.5, 0.6) is 0 Å². The van der Waals surface area contributed by atoms with Crippen molar-refractivity contribution in [3.63, 3.8) is 0 Å². The Hall–Kier alpha value is -3.68. The first kappa shape index (κ1) is 19.1. The molecule has 0 bridgehead atoms. The molecule has 0 atom stereocenters. The number of amides is 2. The Morgan fingerprint density at radius 3 is 1.75 bits per heavy atom. The summed E-state index contributed by atoms with van der Waals surface area (Å²) in [4.78, 5) is 28.5. The van der Waals surface area contributed by atoms with Gasteiger partial charge in [-0.05, 0) is 42.5 Å². The van der Waals surface area contributed by atoms with Crippen LogP contribution in [0, 0.1) is 0 Å². The molecule has 3 rings (SSSR count). The standard InChI is InChI=1S/C20H14F3N3O2/c21-20(22,23)15-6-8-17(9-7-15)26-19(28)14-10-13(11-24-12-14)18(27)25-16-4-2-1-3-5-16/h1-12H,(H,25,27)(H,26,28). The van der Waals surface area contributed by atoms with Crippen molar-refractivity contribution in [2.24, 2.45) is 0 Å². The van der Waals surface area contributed by atoms with Crippen molar-refractivity contribution >= 4 is 23.2 Å². The summed E-state index contributed by atoms with van der Waals surface area (Å²) in [6.07, 6.45) is -1.88. The second kappa shape index (κ2) is 7.91. The number of halogens is 3. The summed E-state index contributed by atoms with van der Waals surface area (Å²) < 4.78 is 37.8. The van der Waals surface area contributed by atoms with E-state index in [2.05, 4.69) is 15.6 Å². The van der Waals surface area contributed by atoms with Crippen molar-refractivity contribution in [1.29, 1.82) is 0 Å². The summed E-state index contributed by atoms with van der Waals surface area (Å²) in [5, 5.41) is 5.15. The van der Waals surface area contributed by atoms with E-state index in [0.717, 1.165) is 24.3 Å². The number of nitrogens with zero attached hydrogens (tertiary/aromatic N) is 1. The highest BCUT2D eigenvalue weighted by molar-refractivity contribution is 6.08. The topological polar surface area (TPSA) is 71.1 Å². The Balaban J connectivity index is 1.71. The molecule has 3 aromatic rings. The molecule has 142 valence electrons. The minimum Gasteiger partial charge on any atom is -0.322 e. The van der Waals surface area contributed by atoms with Gasteiger partial charge in [-0.3, -0.25) is 14.6 Å². The number of aromatic nitrogens is 1. The molecule has 1 heterocycles. The molecule has 0 aliphatic rings. The molecule has 0 spiro atoms. The molecule has 0 unspecified atom stereocenters. The summed E-state index contributed by atoms with van der Waals surface area (Å²) >= 11 is 0. The summed E-state index contributed by atoms with van der Waals surface area (Å²) in [6.45, 7) is 0. The predicted molar refractivity (Wildman–Crippen MR) is 98.0 cm³/mol. The number of hydrogen-bond acceptors (Lipinski definition) is 3. The van der Waals surface area contributed by atoms with E-state index in [-0.39, 0.29) is 16.8 Å². The zero-order chi connectivity index (χ0) is 20.1. The van der Waals surface area contributed by atoms with E-state index >= 15 is 0 Å². The Bertz CT molecular complexity index is 988. The number of pyridine rings is 1. The molecule has 0 saturated carbocycles. The average Bonchev–Trinajstić information content (AvgIpc) is 2.68. The second-order valence-corrected chi connectivity index (χ2v) is 5.81. The summed E-state index contributed by atoms with van der Waals surface area (Å²) in [5.41, 5.74) is 0.237. The monoisotopic (exact) mass is 385 g/mol. The molecule has 2 aromatic carbocycles. The molecule has 1 aromatic heterocycles. The minimum absolute atomic E-state index is 0.0978. The molecule has 0 aliphatic heterocycles. The van der Waals surface area contributed by atoms with Gasteiger partial charge in [-0.2, -0.15) is 13.2 Å². The molecule has 0 fully saturated rings. The van der Waals surface area contributed by atoms with Gasteiger partial charge in [0, 0.05) is 23.8 Å². The van der Waals surface area contributed by atoms with Crippen LogP contribution in [0.2, 0.25) is 0 Å². The number of alkyl halides is 3. The maximum atomic E-state index is 12.6. The quantitative estimate of drug-likeness (QED) is 0.689. The van der Waals surface area contributed by atoms with E-state index in [0.29, 0.717) is 5.69 Å². The third kappa shape index (κ3) is 4.73. The van der Waals surface area contributed by atoms with Crippen molar-refractivity contribution in [3.8, 4) is 0 Å². The van der Waals surface area contributed by atoms with Crippen LogP contribution in [0.1, 0.15) is 26.3 Å².